The van der Waals surface area contributed by atoms with Crippen LogP contribution >= 0.6 is 0 Å². The zero-order valence-electron chi connectivity index (χ0n) is 19.5. The first kappa shape index (κ1) is 23.4. The van der Waals surface area contributed by atoms with Gasteiger partial charge in [0.05, 0.1) is 14.2 Å². The maximum absolute atomic E-state index is 13.1. The molecule has 0 bridgehead atoms. The van der Waals surface area contributed by atoms with Gasteiger partial charge in [0.15, 0.2) is 0 Å². The van der Waals surface area contributed by atoms with Crippen molar-refractivity contribution in [2.45, 2.75) is 27.2 Å². The standard InChI is InChI=1S/C26H32N2O4/c1-17-12-18(2)16-28(15-17)26(30)21-7-6-19(3)23(14-21)27-25(29)11-8-20-13-22(31-4)9-10-24(20)32-5/h6-11,13-14,17-18H,12,15-16H2,1-5H3,(H,27,29)/b11-8+. The van der Waals surface area contributed by atoms with E-state index in [1.165, 1.54) is 6.08 Å². The Kier molecular flexibility index (Phi) is 7.57. The van der Waals surface area contributed by atoms with Crippen molar-refractivity contribution in [3.63, 3.8) is 0 Å². The second kappa shape index (κ2) is 10.4. The fraction of sp³-hybridized carbons (Fsp3) is 0.385. The third-order valence-corrected chi connectivity index (χ3v) is 5.75. The van der Waals surface area contributed by atoms with E-state index in [-0.39, 0.29) is 11.8 Å². The quantitative estimate of drug-likeness (QED) is 0.662. The van der Waals surface area contributed by atoms with Gasteiger partial charge in [-0.15, -0.1) is 0 Å². The number of likely N-dealkylation sites (tertiary alicyclic amines) is 1. The predicted molar refractivity (Wildman–Crippen MR) is 127 cm³/mol. The van der Waals surface area contributed by atoms with Crippen molar-refractivity contribution in [2.24, 2.45) is 11.8 Å². The van der Waals surface area contributed by atoms with Crippen LogP contribution in [0.4, 0.5) is 5.69 Å². The number of benzene rings is 2. The van der Waals surface area contributed by atoms with Crippen molar-refractivity contribution in [1.29, 1.82) is 0 Å². The number of hydrogen-bond acceptors (Lipinski definition) is 4. The number of amides is 2. The summed E-state index contributed by atoms with van der Waals surface area (Å²) < 4.78 is 10.6. The van der Waals surface area contributed by atoms with Crippen LogP contribution in [-0.4, -0.2) is 44.0 Å². The number of anilines is 1. The van der Waals surface area contributed by atoms with E-state index in [0.29, 0.717) is 34.6 Å². The van der Waals surface area contributed by atoms with Gasteiger partial charge in [0, 0.05) is 36.0 Å². The van der Waals surface area contributed by atoms with Crippen LogP contribution in [0.25, 0.3) is 6.08 Å². The zero-order chi connectivity index (χ0) is 23.3. The lowest BCUT2D eigenvalue weighted by Gasteiger charge is -2.35. The number of piperidine rings is 1. The Bertz CT molecular complexity index is 1000. The van der Waals surface area contributed by atoms with Gasteiger partial charge >= 0.3 is 0 Å². The van der Waals surface area contributed by atoms with Gasteiger partial charge in [0.25, 0.3) is 5.91 Å². The van der Waals surface area contributed by atoms with Gasteiger partial charge in [-0.1, -0.05) is 19.9 Å². The summed E-state index contributed by atoms with van der Waals surface area (Å²) in [4.78, 5) is 27.6. The molecule has 2 aromatic carbocycles. The molecule has 6 heteroatoms. The van der Waals surface area contributed by atoms with E-state index in [4.69, 9.17) is 9.47 Å². The molecule has 0 aromatic heterocycles. The molecular formula is C26H32N2O4. The smallest absolute Gasteiger partial charge is 0.253 e. The van der Waals surface area contributed by atoms with Crippen LogP contribution in [0.1, 0.15) is 41.8 Å². The van der Waals surface area contributed by atoms with E-state index in [1.807, 2.05) is 24.0 Å². The van der Waals surface area contributed by atoms with Crippen molar-refractivity contribution in [1.82, 2.24) is 4.90 Å². The first-order chi connectivity index (χ1) is 15.3. The van der Waals surface area contributed by atoms with Gasteiger partial charge in [-0.05, 0) is 67.2 Å². The molecule has 2 unspecified atom stereocenters. The van der Waals surface area contributed by atoms with Gasteiger partial charge < -0.3 is 19.7 Å². The van der Waals surface area contributed by atoms with Crippen molar-refractivity contribution >= 4 is 23.6 Å². The van der Waals surface area contributed by atoms with Crippen LogP contribution in [0.2, 0.25) is 0 Å². The highest BCUT2D eigenvalue weighted by Crippen LogP contribution is 2.26. The molecule has 1 N–H and O–H groups in total. The second-order valence-corrected chi connectivity index (χ2v) is 8.62. The maximum atomic E-state index is 13.1. The molecule has 6 nitrogen and oxygen atoms in total. The van der Waals surface area contributed by atoms with Crippen molar-refractivity contribution in [2.75, 3.05) is 32.6 Å². The minimum atomic E-state index is -0.289. The fourth-order valence-electron chi connectivity index (χ4n) is 4.21. The first-order valence-electron chi connectivity index (χ1n) is 10.9. The average Bonchev–Trinajstić information content (AvgIpc) is 2.77. The summed E-state index contributed by atoms with van der Waals surface area (Å²) in [7, 11) is 3.17. The molecule has 1 aliphatic rings. The van der Waals surface area contributed by atoms with E-state index in [1.54, 1.807) is 44.6 Å². The molecule has 1 heterocycles. The predicted octanol–water partition coefficient (Wildman–Crippen LogP) is 4.78. The molecular weight excluding hydrogens is 404 g/mol. The third-order valence-electron chi connectivity index (χ3n) is 5.75. The lowest BCUT2D eigenvalue weighted by atomic mass is 9.91. The molecule has 3 rings (SSSR count). The summed E-state index contributed by atoms with van der Waals surface area (Å²) in [6.07, 6.45) is 4.26. The summed E-state index contributed by atoms with van der Waals surface area (Å²) >= 11 is 0. The molecule has 32 heavy (non-hydrogen) atoms. The van der Waals surface area contributed by atoms with Gasteiger partial charge in [-0.3, -0.25) is 9.59 Å². The SMILES string of the molecule is COc1ccc(OC)c(/C=C/C(=O)Nc2cc(C(=O)N3CC(C)CC(C)C3)ccc2C)c1. The Labute approximate surface area is 190 Å². The van der Waals surface area contributed by atoms with Crippen molar-refractivity contribution in [3.8, 4) is 11.5 Å². The molecule has 1 fully saturated rings. The maximum Gasteiger partial charge on any atom is 0.253 e. The molecule has 1 saturated heterocycles. The molecule has 2 atom stereocenters. The molecule has 0 spiro atoms. The molecule has 170 valence electrons. The molecule has 1 aliphatic heterocycles. The second-order valence-electron chi connectivity index (χ2n) is 8.62. The summed E-state index contributed by atoms with van der Waals surface area (Å²) in [5.74, 6) is 2.02. The van der Waals surface area contributed by atoms with Gasteiger partial charge in [-0.25, -0.2) is 0 Å². The first-order valence-corrected chi connectivity index (χ1v) is 10.9. The Morgan fingerprint density at radius 1 is 1.03 bits per heavy atom. The summed E-state index contributed by atoms with van der Waals surface area (Å²) in [6.45, 7) is 7.80. The summed E-state index contributed by atoms with van der Waals surface area (Å²) in [5.41, 5.74) is 2.84. The highest BCUT2D eigenvalue weighted by Gasteiger charge is 2.26. The minimum Gasteiger partial charge on any atom is -0.497 e. The van der Waals surface area contributed by atoms with Crippen LogP contribution in [0.15, 0.2) is 42.5 Å². The number of nitrogens with zero attached hydrogens (tertiary/aromatic N) is 1. The van der Waals surface area contributed by atoms with E-state index in [0.717, 1.165) is 30.6 Å². The van der Waals surface area contributed by atoms with E-state index >= 15 is 0 Å². The van der Waals surface area contributed by atoms with Crippen LogP contribution in [0.5, 0.6) is 11.5 Å². The van der Waals surface area contributed by atoms with E-state index in [2.05, 4.69) is 19.2 Å². The highest BCUT2D eigenvalue weighted by atomic mass is 16.5. The number of hydrogen-bond donors (Lipinski definition) is 1. The topological polar surface area (TPSA) is 67.9 Å². The van der Waals surface area contributed by atoms with Crippen molar-refractivity contribution < 1.29 is 19.1 Å². The lowest BCUT2D eigenvalue weighted by molar-refractivity contribution is -0.111. The van der Waals surface area contributed by atoms with Crippen molar-refractivity contribution in [3.05, 3.63) is 59.2 Å². The lowest BCUT2D eigenvalue weighted by Crippen LogP contribution is -2.42. The van der Waals surface area contributed by atoms with Gasteiger partial charge in [-0.2, -0.15) is 0 Å². The summed E-state index contributed by atoms with van der Waals surface area (Å²) in [5, 5.41) is 2.89. The number of carbonyl (C=O) groups excluding carboxylic acids is 2. The van der Waals surface area contributed by atoms with Crippen LogP contribution in [-0.2, 0) is 4.79 Å². The number of aryl methyl sites for hydroxylation is 1. The van der Waals surface area contributed by atoms with Gasteiger partial charge in [0.1, 0.15) is 11.5 Å². The monoisotopic (exact) mass is 436 g/mol. The normalized spacial score (nSPS) is 18.5. The van der Waals surface area contributed by atoms with Crippen LogP contribution < -0.4 is 14.8 Å². The molecule has 0 saturated carbocycles. The Morgan fingerprint density at radius 3 is 2.41 bits per heavy atom. The van der Waals surface area contributed by atoms with Crippen LogP contribution in [0.3, 0.4) is 0 Å². The number of nitrogens with one attached hydrogen (secondary N) is 1. The summed E-state index contributed by atoms with van der Waals surface area (Å²) in [6, 6.07) is 10.8. The zero-order valence-corrected chi connectivity index (χ0v) is 19.5. The van der Waals surface area contributed by atoms with Crippen LogP contribution in [0, 0.1) is 18.8 Å². The van der Waals surface area contributed by atoms with E-state index < -0.39 is 0 Å². The number of rotatable bonds is 6. The number of ether oxygens (including phenoxy) is 2. The third kappa shape index (κ3) is 5.69. The van der Waals surface area contributed by atoms with Gasteiger partial charge in [0.2, 0.25) is 5.91 Å². The molecule has 0 aliphatic carbocycles. The molecule has 2 aromatic rings. The fourth-order valence-corrected chi connectivity index (χ4v) is 4.21. The molecule has 2 amide bonds. The number of methoxy groups -OCH3 is 2. The van der Waals surface area contributed by atoms with E-state index in [9.17, 15) is 9.59 Å². The molecule has 0 radical (unpaired) electrons. The largest absolute Gasteiger partial charge is 0.497 e. The average molecular weight is 437 g/mol. The Balaban J connectivity index is 1.74. The Morgan fingerprint density at radius 2 is 1.75 bits per heavy atom. The minimum absolute atomic E-state index is 0.00978. The Hall–Kier alpha value is -3.28. The highest BCUT2D eigenvalue weighted by molar-refractivity contribution is 6.03. The number of carbonyl (C=O) groups is 2.